The van der Waals surface area contributed by atoms with E-state index in [0.29, 0.717) is 11.6 Å². The van der Waals surface area contributed by atoms with E-state index in [2.05, 4.69) is 11.0 Å². The molecule has 0 amide bonds. The number of nitrogens with zero attached hydrogens (tertiary/aromatic N) is 2. The van der Waals surface area contributed by atoms with Crippen molar-refractivity contribution in [2.45, 2.75) is 25.3 Å². The molecule has 1 heterocycles. The summed E-state index contributed by atoms with van der Waals surface area (Å²) in [4.78, 5) is 2.28. The minimum atomic E-state index is -0.329. The Bertz CT molecular complexity index is 463. The molecule has 0 spiro atoms. The molecule has 1 aromatic carbocycles. The molecule has 0 N–H and O–H groups in total. The predicted molar refractivity (Wildman–Crippen MR) is 59.6 cm³/mol. The normalized spacial score (nSPS) is 27.1. The van der Waals surface area contributed by atoms with Crippen molar-refractivity contribution < 1.29 is 4.39 Å². The molecule has 0 aromatic heterocycles. The van der Waals surface area contributed by atoms with Crippen LogP contribution in [0.4, 0.5) is 10.1 Å². The van der Waals surface area contributed by atoms with Gasteiger partial charge < -0.3 is 4.90 Å². The van der Waals surface area contributed by atoms with Crippen molar-refractivity contribution >= 4 is 5.69 Å². The number of benzene rings is 1. The molecule has 2 fully saturated rings. The summed E-state index contributed by atoms with van der Waals surface area (Å²) in [6, 6.07) is 7.19. The second kappa shape index (κ2) is 3.48. The molecular formula is C13H13FN2. The fraction of sp³-hybridized carbons (Fsp3) is 0.462. The van der Waals surface area contributed by atoms with Crippen LogP contribution in [0.15, 0.2) is 18.2 Å². The molecule has 2 atom stereocenters. The molecule has 2 aliphatic rings. The van der Waals surface area contributed by atoms with Crippen LogP contribution in [-0.4, -0.2) is 12.6 Å². The summed E-state index contributed by atoms with van der Waals surface area (Å²) < 4.78 is 13.0. The summed E-state index contributed by atoms with van der Waals surface area (Å²) in [6.45, 7) is 1.03. The lowest BCUT2D eigenvalue weighted by atomic mass is 10.1. The van der Waals surface area contributed by atoms with Crippen molar-refractivity contribution in [2.24, 2.45) is 5.92 Å². The van der Waals surface area contributed by atoms with Gasteiger partial charge >= 0.3 is 0 Å². The van der Waals surface area contributed by atoms with Gasteiger partial charge in [0.1, 0.15) is 11.9 Å². The average Bonchev–Trinajstić information content (AvgIpc) is 2.90. The Balaban J connectivity index is 1.98. The first-order chi connectivity index (χ1) is 7.78. The molecule has 2 bridgehead atoms. The summed E-state index contributed by atoms with van der Waals surface area (Å²) >= 11 is 0. The molecule has 1 aliphatic carbocycles. The van der Waals surface area contributed by atoms with Gasteiger partial charge in [-0.25, -0.2) is 4.39 Å². The molecule has 3 heteroatoms. The van der Waals surface area contributed by atoms with Crippen LogP contribution in [0.3, 0.4) is 0 Å². The van der Waals surface area contributed by atoms with E-state index in [-0.39, 0.29) is 5.82 Å². The monoisotopic (exact) mass is 216 g/mol. The number of piperidine rings is 1. The number of hydrogen-bond acceptors (Lipinski definition) is 2. The third kappa shape index (κ3) is 1.37. The first-order valence-electron chi connectivity index (χ1n) is 5.74. The highest BCUT2D eigenvalue weighted by molar-refractivity contribution is 5.61. The Labute approximate surface area is 94.3 Å². The maximum atomic E-state index is 13.0. The maximum absolute atomic E-state index is 13.0. The highest BCUT2D eigenvalue weighted by Crippen LogP contribution is 2.41. The van der Waals surface area contributed by atoms with Gasteiger partial charge in [-0.3, -0.25) is 0 Å². The number of anilines is 1. The topological polar surface area (TPSA) is 27.0 Å². The number of halogens is 1. The van der Waals surface area contributed by atoms with Crippen LogP contribution in [0, 0.1) is 23.1 Å². The van der Waals surface area contributed by atoms with Gasteiger partial charge in [-0.05, 0) is 43.4 Å². The molecule has 1 saturated carbocycles. The van der Waals surface area contributed by atoms with Crippen molar-refractivity contribution in [2.75, 3.05) is 11.4 Å². The Morgan fingerprint density at radius 3 is 2.88 bits per heavy atom. The smallest absolute Gasteiger partial charge is 0.124 e. The fourth-order valence-electron chi connectivity index (χ4n) is 3.07. The van der Waals surface area contributed by atoms with Crippen molar-refractivity contribution in [3.05, 3.63) is 29.6 Å². The third-order valence-corrected chi connectivity index (χ3v) is 3.80. The summed E-state index contributed by atoms with van der Waals surface area (Å²) in [5.74, 6) is 0.450. The van der Waals surface area contributed by atoms with Crippen LogP contribution in [0.1, 0.15) is 24.8 Å². The quantitative estimate of drug-likeness (QED) is 0.721. The standard InChI is InChI=1S/C13H13FN2/c14-11-2-4-13(10(6-11)7-15)16-8-9-1-3-12(16)5-9/h2,4,6,9,12H,1,3,5,8H2. The van der Waals surface area contributed by atoms with Crippen molar-refractivity contribution in [3.8, 4) is 6.07 Å². The highest BCUT2D eigenvalue weighted by Gasteiger charge is 2.38. The molecule has 2 nitrogen and oxygen atoms in total. The lowest BCUT2D eigenvalue weighted by molar-refractivity contribution is 0.552. The number of rotatable bonds is 1. The van der Waals surface area contributed by atoms with E-state index in [0.717, 1.165) is 18.2 Å². The van der Waals surface area contributed by atoms with Crippen molar-refractivity contribution in [3.63, 3.8) is 0 Å². The van der Waals surface area contributed by atoms with E-state index >= 15 is 0 Å². The number of hydrogen-bond donors (Lipinski definition) is 0. The summed E-state index contributed by atoms with van der Waals surface area (Å²) in [5, 5.41) is 9.03. The maximum Gasteiger partial charge on any atom is 0.124 e. The number of nitriles is 1. The van der Waals surface area contributed by atoms with Gasteiger partial charge in [-0.2, -0.15) is 5.26 Å². The zero-order valence-corrected chi connectivity index (χ0v) is 8.99. The molecule has 1 aliphatic heterocycles. The predicted octanol–water partition coefficient (Wildman–Crippen LogP) is 2.69. The Hall–Kier alpha value is -1.56. The molecular weight excluding hydrogens is 203 g/mol. The molecule has 3 rings (SSSR count). The summed E-state index contributed by atoms with van der Waals surface area (Å²) in [6.07, 6.45) is 3.76. The average molecular weight is 216 g/mol. The Morgan fingerprint density at radius 1 is 1.38 bits per heavy atom. The lowest BCUT2D eigenvalue weighted by Crippen LogP contribution is -2.32. The van der Waals surface area contributed by atoms with Gasteiger partial charge in [-0.15, -0.1) is 0 Å². The fourth-order valence-corrected chi connectivity index (χ4v) is 3.07. The zero-order chi connectivity index (χ0) is 11.1. The highest BCUT2D eigenvalue weighted by atomic mass is 19.1. The van der Waals surface area contributed by atoms with E-state index in [1.807, 2.05) is 0 Å². The van der Waals surface area contributed by atoms with Crippen LogP contribution in [-0.2, 0) is 0 Å². The van der Waals surface area contributed by atoms with Gasteiger partial charge in [0, 0.05) is 12.6 Å². The van der Waals surface area contributed by atoms with Gasteiger partial charge in [0.15, 0.2) is 0 Å². The Morgan fingerprint density at radius 2 is 2.25 bits per heavy atom. The second-order valence-corrected chi connectivity index (χ2v) is 4.76. The third-order valence-electron chi connectivity index (χ3n) is 3.80. The minimum absolute atomic E-state index is 0.329. The molecule has 0 radical (unpaired) electrons. The van der Waals surface area contributed by atoms with Crippen molar-refractivity contribution in [1.82, 2.24) is 0 Å². The van der Waals surface area contributed by atoms with Gasteiger partial charge in [0.05, 0.1) is 11.3 Å². The van der Waals surface area contributed by atoms with E-state index in [1.165, 1.54) is 31.4 Å². The van der Waals surface area contributed by atoms with Crippen LogP contribution >= 0.6 is 0 Å². The number of fused-ring (bicyclic) bond motifs is 2. The molecule has 2 unspecified atom stereocenters. The van der Waals surface area contributed by atoms with Crippen molar-refractivity contribution in [1.29, 1.82) is 5.26 Å². The van der Waals surface area contributed by atoms with Gasteiger partial charge in [0.2, 0.25) is 0 Å². The molecule has 82 valence electrons. The van der Waals surface area contributed by atoms with E-state index < -0.39 is 0 Å². The molecule has 1 aromatic rings. The Kier molecular flexibility index (Phi) is 2.10. The molecule has 1 saturated heterocycles. The van der Waals surface area contributed by atoms with E-state index in [1.54, 1.807) is 6.07 Å². The summed E-state index contributed by atoms with van der Waals surface area (Å²) in [5.41, 5.74) is 1.38. The summed E-state index contributed by atoms with van der Waals surface area (Å²) in [7, 11) is 0. The van der Waals surface area contributed by atoms with Crippen LogP contribution < -0.4 is 4.90 Å². The largest absolute Gasteiger partial charge is 0.367 e. The molecule has 16 heavy (non-hydrogen) atoms. The van der Waals surface area contributed by atoms with Crippen LogP contribution in [0.5, 0.6) is 0 Å². The lowest BCUT2D eigenvalue weighted by Gasteiger charge is -2.29. The van der Waals surface area contributed by atoms with E-state index in [4.69, 9.17) is 5.26 Å². The van der Waals surface area contributed by atoms with Crippen LogP contribution in [0.2, 0.25) is 0 Å². The minimum Gasteiger partial charge on any atom is -0.367 e. The SMILES string of the molecule is N#Cc1cc(F)ccc1N1CC2CCC1C2. The first-order valence-corrected chi connectivity index (χ1v) is 5.74. The van der Waals surface area contributed by atoms with Gasteiger partial charge in [-0.1, -0.05) is 0 Å². The second-order valence-electron chi connectivity index (χ2n) is 4.76. The van der Waals surface area contributed by atoms with Crippen LogP contribution in [0.25, 0.3) is 0 Å². The zero-order valence-electron chi connectivity index (χ0n) is 8.99. The van der Waals surface area contributed by atoms with E-state index in [9.17, 15) is 4.39 Å². The van der Waals surface area contributed by atoms with Gasteiger partial charge in [0.25, 0.3) is 0 Å². The first kappa shape index (κ1) is 9.65.